The Morgan fingerprint density at radius 1 is 1.41 bits per heavy atom. The number of aliphatic hydroxyl groups excluding tert-OH is 1. The standard InChI is InChI=1S/C12H26N2O3/c1-10(13)6-5-7-14(8-9-15)11(16)17-12(2,3)4/h10,15H,5-9,13H2,1-4H3/t10-/m1/s1. The minimum atomic E-state index is -0.508. The van der Waals surface area contributed by atoms with Gasteiger partial charge in [-0.15, -0.1) is 0 Å². The van der Waals surface area contributed by atoms with Crippen LogP contribution in [-0.4, -0.2) is 47.4 Å². The van der Waals surface area contributed by atoms with Crippen molar-refractivity contribution in [2.75, 3.05) is 19.7 Å². The van der Waals surface area contributed by atoms with Gasteiger partial charge in [-0.25, -0.2) is 4.79 Å². The molecule has 0 fully saturated rings. The monoisotopic (exact) mass is 246 g/mol. The smallest absolute Gasteiger partial charge is 0.410 e. The topological polar surface area (TPSA) is 75.8 Å². The molecule has 5 heteroatoms. The van der Waals surface area contributed by atoms with Crippen LogP contribution < -0.4 is 5.73 Å². The molecule has 0 saturated heterocycles. The lowest BCUT2D eigenvalue weighted by Crippen LogP contribution is -2.39. The first-order chi connectivity index (χ1) is 7.76. The van der Waals surface area contributed by atoms with Crippen molar-refractivity contribution in [2.45, 2.75) is 52.2 Å². The Balaban J connectivity index is 4.16. The van der Waals surface area contributed by atoms with Crippen molar-refractivity contribution in [3.63, 3.8) is 0 Å². The lowest BCUT2D eigenvalue weighted by Gasteiger charge is -2.27. The van der Waals surface area contributed by atoms with Crippen LogP contribution in [0.5, 0.6) is 0 Å². The first-order valence-corrected chi connectivity index (χ1v) is 6.10. The Labute approximate surface area is 104 Å². The quantitative estimate of drug-likeness (QED) is 0.741. The fourth-order valence-corrected chi connectivity index (χ4v) is 1.35. The summed E-state index contributed by atoms with van der Waals surface area (Å²) in [6, 6.07) is 0.129. The fourth-order valence-electron chi connectivity index (χ4n) is 1.35. The van der Waals surface area contributed by atoms with Crippen molar-refractivity contribution >= 4 is 6.09 Å². The first kappa shape index (κ1) is 16.2. The molecule has 0 aliphatic heterocycles. The number of carbonyl (C=O) groups excluding carboxylic acids is 1. The van der Waals surface area contributed by atoms with Gasteiger partial charge in [0.05, 0.1) is 6.61 Å². The molecule has 1 amide bonds. The summed E-state index contributed by atoms with van der Waals surface area (Å²) in [6.45, 7) is 8.21. The van der Waals surface area contributed by atoms with Gasteiger partial charge in [0.1, 0.15) is 5.60 Å². The third-order valence-corrected chi connectivity index (χ3v) is 2.11. The first-order valence-electron chi connectivity index (χ1n) is 6.10. The number of aliphatic hydroxyl groups is 1. The molecule has 102 valence electrons. The fraction of sp³-hybridized carbons (Fsp3) is 0.917. The molecule has 1 atom stereocenters. The van der Waals surface area contributed by atoms with Gasteiger partial charge in [0.15, 0.2) is 0 Å². The van der Waals surface area contributed by atoms with E-state index in [0.29, 0.717) is 13.1 Å². The van der Waals surface area contributed by atoms with Crippen molar-refractivity contribution in [1.82, 2.24) is 4.90 Å². The van der Waals surface area contributed by atoms with Crippen molar-refractivity contribution in [3.8, 4) is 0 Å². The molecule has 0 rings (SSSR count). The highest BCUT2D eigenvalue weighted by atomic mass is 16.6. The van der Waals surface area contributed by atoms with Gasteiger partial charge in [-0.3, -0.25) is 0 Å². The maximum absolute atomic E-state index is 11.8. The molecule has 0 heterocycles. The number of nitrogens with zero attached hydrogens (tertiary/aromatic N) is 1. The SMILES string of the molecule is C[C@@H](N)CCCN(CCO)C(=O)OC(C)(C)C. The maximum atomic E-state index is 11.8. The Kier molecular flexibility index (Phi) is 7.15. The Morgan fingerprint density at radius 3 is 2.41 bits per heavy atom. The molecule has 0 spiro atoms. The number of hydrogen-bond donors (Lipinski definition) is 2. The minimum Gasteiger partial charge on any atom is -0.444 e. The molecular formula is C12H26N2O3. The summed E-state index contributed by atoms with van der Waals surface area (Å²) in [5.74, 6) is 0. The number of hydrogen-bond acceptors (Lipinski definition) is 4. The average Bonchev–Trinajstić information content (AvgIpc) is 2.13. The normalized spacial score (nSPS) is 13.3. The van der Waals surface area contributed by atoms with Crippen molar-refractivity contribution < 1.29 is 14.6 Å². The third-order valence-electron chi connectivity index (χ3n) is 2.11. The molecule has 17 heavy (non-hydrogen) atoms. The number of carbonyl (C=O) groups is 1. The molecule has 0 aromatic heterocycles. The zero-order valence-corrected chi connectivity index (χ0v) is 11.4. The van der Waals surface area contributed by atoms with Gasteiger partial charge in [-0.05, 0) is 40.5 Å². The van der Waals surface area contributed by atoms with E-state index in [1.807, 2.05) is 27.7 Å². The second-order valence-corrected chi connectivity index (χ2v) is 5.31. The second-order valence-electron chi connectivity index (χ2n) is 5.31. The van der Waals surface area contributed by atoms with Crippen molar-refractivity contribution in [1.29, 1.82) is 0 Å². The van der Waals surface area contributed by atoms with Crippen LogP contribution in [0, 0.1) is 0 Å². The molecule has 0 saturated carbocycles. The predicted molar refractivity (Wildman–Crippen MR) is 67.8 cm³/mol. The summed E-state index contributed by atoms with van der Waals surface area (Å²) in [5.41, 5.74) is 5.14. The van der Waals surface area contributed by atoms with Crippen LogP contribution in [0.4, 0.5) is 4.79 Å². The van der Waals surface area contributed by atoms with E-state index < -0.39 is 5.60 Å². The number of rotatable bonds is 6. The summed E-state index contributed by atoms with van der Waals surface area (Å²) in [7, 11) is 0. The predicted octanol–water partition coefficient (Wildman–Crippen LogP) is 1.34. The zero-order valence-electron chi connectivity index (χ0n) is 11.4. The molecule has 0 aromatic carbocycles. The molecule has 3 N–H and O–H groups in total. The highest BCUT2D eigenvalue weighted by Gasteiger charge is 2.21. The molecular weight excluding hydrogens is 220 g/mol. The van der Waals surface area contributed by atoms with Crippen LogP contribution in [0.25, 0.3) is 0 Å². The summed E-state index contributed by atoms with van der Waals surface area (Å²) >= 11 is 0. The Morgan fingerprint density at radius 2 is 2.00 bits per heavy atom. The molecule has 5 nitrogen and oxygen atoms in total. The number of ether oxygens (including phenoxy) is 1. The van der Waals surface area contributed by atoms with Crippen LogP contribution in [0.3, 0.4) is 0 Å². The van der Waals surface area contributed by atoms with Gasteiger partial charge in [-0.2, -0.15) is 0 Å². The van der Waals surface area contributed by atoms with Gasteiger partial charge in [0.2, 0.25) is 0 Å². The lowest BCUT2D eigenvalue weighted by molar-refractivity contribution is 0.0215. The maximum Gasteiger partial charge on any atom is 0.410 e. The van der Waals surface area contributed by atoms with E-state index in [-0.39, 0.29) is 18.7 Å². The highest BCUT2D eigenvalue weighted by Crippen LogP contribution is 2.10. The van der Waals surface area contributed by atoms with Crippen LogP contribution in [0.2, 0.25) is 0 Å². The zero-order chi connectivity index (χ0) is 13.5. The van der Waals surface area contributed by atoms with Gasteiger partial charge in [0.25, 0.3) is 0 Å². The van der Waals surface area contributed by atoms with Crippen LogP contribution >= 0.6 is 0 Å². The van der Waals surface area contributed by atoms with Crippen LogP contribution in [0.1, 0.15) is 40.5 Å². The van der Waals surface area contributed by atoms with E-state index in [9.17, 15) is 4.79 Å². The molecule has 0 bridgehead atoms. The summed E-state index contributed by atoms with van der Waals surface area (Å²) in [5, 5.41) is 8.92. The average molecular weight is 246 g/mol. The van der Waals surface area contributed by atoms with Gasteiger partial charge in [-0.1, -0.05) is 0 Å². The molecule has 0 aliphatic rings. The molecule has 0 unspecified atom stereocenters. The largest absolute Gasteiger partial charge is 0.444 e. The lowest BCUT2D eigenvalue weighted by atomic mass is 10.2. The van der Waals surface area contributed by atoms with Crippen LogP contribution in [0.15, 0.2) is 0 Å². The van der Waals surface area contributed by atoms with E-state index in [2.05, 4.69) is 0 Å². The minimum absolute atomic E-state index is 0.0581. The van der Waals surface area contributed by atoms with Crippen molar-refractivity contribution in [3.05, 3.63) is 0 Å². The molecule has 0 radical (unpaired) electrons. The van der Waals surface area contributed by atoms with Crippen LogP contribution in [-0.2, 0) is 4.74 Å². The molecule has 0 aliphatic carbocycles. The van der Waals surface area contributed by atoms with Gasteiger partial charge in [0, 0.05) is 19.1 Å². The third kappa shape index (κ3) is 8.94. The van der Waals surface area contributed by atoms with Crippen molar-refractivity contribution in [2.24, 2.45) is 5.73 Å². The van der Waals surface area contributed by atoms with E-state index in [1.54, 1.807) is 0 Å². The van der Waals surface area contributed by atoms with Gasteiger partial charge < -0.3 is 20.5 Å². The van der Waals surface area contributed by atoms with E-state index in [1.165, 1.54) is 4.90 Å². The van der Waals surface area contributed by atoms with E-state index >= 15 is 0 Å². The number of nitrogens with two attached hydrogens (primary N) is 1. The second kappa shape index (κ2) is 7.50. The number of amides is 1. The highest BCUT2D eigenvalue weighted by molar-refractivity contribution is 5.68. The summed E-state index contributed by atoms with van der Waals surface area (Å²) in [4.78, 5) is 13.3. The molecule has 0 aromatic rings. The Hall–Kier alpha value is -0.810. The summed E-state index contributed by atoms with van der Waals surface area (Å²) < 4.78 is 5.25. The van der Waals surface area contributed by atoms with E-state index in [0.717, 1.165) is 12.8 Å². The Bertz CT molecular complexity index is 224. The summed E-state index contributed by atoms with van der Waals surface area (Å²) in [6.07, 6.45) is 1.29. The van der Waals surface area contributed by atoms with Gasteiger partial charge >= 0.3 is 6.09 Å². The van der Waals surface area contributed by atoms with E-state index in [4.69, 9.17) is 15.6 Å².